The lowest BCUT2D eigenvalue weighted by Crippen LogP contribution is -2.55. The van der Waals surface area contributed by atoms with Gasteiger partial charge in [0.05, 0.1) is 0 Å². The van der Waals surface area contributed by atoms with Crippen molar-refractivity contribution in [3.63, 3.8) is 0 Å². The van der Waals surface area contributed by atoms with Crippen molar-refractivity contribution in [3.8, 4) is 0 Å². The molecule has 2 aliphatic rings. The van der Waals surface area contributed by atoms with Crippen molar-refractivity contribution in [2.75, 3.05) is 32.7 Å². The van der Waals surface area contributed by atoms with Crippen LogP contribution in [0.2, 0.25) is 0 Å². The lowest BCUT2D eigenvalue weighted by molar-refractivity contribution is 0.0480. The highest BCUT2D eigenvalue weighted by atomic mass is 79.9. The summed E-state index contributed by atoms with van der Waals surface area (Å²) in [6, 6.07) is 9.58. The summed E-state index contributed by atoms with van der Waals surface area (Å²) >= 11 is 3.59. The fourth-order valence-corrected chi connectivity index (χ4v) is 4.37. The van der Waals surface area contributed by atoms with Crippen LogP contribution in [0, 0.1) is 0 Å². The molecule has 0 amide bonds. The first kappa shape index (κ1) is 14.7. The van der Waals surface area contributed by atoms with Crippen LogP contribution in [0.4, 0.5) is 0 Å². The molecule has 2 saturated heterocycles. The fraction of sp³-hybridized carbons (Fsp3) is 0.556. The van der Waals surface area contributed by atoms with Crippen LogP contribution in [0.15, 0.2) is 34.9 Å². The maximum absolute atomic E-state index is 3.59. The molecule has 0 N–H and O–H groups in total. The Labute approximate surface area is 141 Å². The molecule has 22 heavy (non-hydrogen) atoms. The molecule has 1 aromatic carbocycles. The average Bonchev–Trinajstić information content (AvgIpc) is 2.95. The molecule has 1 aromatic heterocycles. The van der Waals surface area contributed by atoms with Gasteiger partial charge in [-0.25, -0.2) is 0 Å². The Bertz CT molecular complexity index is 651. The van der Waals surface area contributed by atoms with Gasteiger partial charge >= 0.3 is 0 Å². The highest BCUT2D eigenvalue weighted by Crippen LogP contribution is 2.23. The van der Waals surface area contributed by atoms with Crippen LogP contribution in [-0.2, 0) is 6.54 Å². The van der Waals surface area contributed by atoms with Gasteiger partial charge in [-0.1, -0.05) is 28.4 Å². The maximum Gasteiger partial charge on any atom is 0.0492 e. The largest absolute Gasteiger partial charge is 0.346 e. The topological polar surface area (TPSA) is 11.4 Å². The molecule has 3 nitrogen and oxygen atoms in total. The van der Waals surface area contributed by atoms with Gasteiger partial charge in [-0.15, -0.1) is 0 Å². The number of piperazine rings is 1. The average molecular weight is 362 g/mol. The van der Waals surface area contributed by atoms with Crippen LogP contribution in [0.3, 0.4) is 0 Å². The number of hydrogen-bond donors (Lipinski definition) is 0. The molecule has 2 aliphatic heterocycles. The van der Waals surface area contributed by atoms with E-state index in [1.54, 1.807) is 0 Å². The third-order valence-corrected chi connectivity index (χ3v) is 5.81. The first-order chi connectivity index (χ1) is 10.8. The summed E-state index contributed by atoms with van der Waals surface area (Å²) in [6.07, 6.45) is 6.45. The van der Waals surface area contributed by atoms with Crippen molar-refractivity contribution in [3.05, 3.63) is 34.9 Å². The number of aromatic nitrogens is 1. The molecule has 0 saturated carbocycles. The molecule has 1 unspecified atom stereocenters. The molecule has 0 spiro atoms. The molecular formula is C18H24BrN3. The standard InChI is InChI=1S/C18H24BrN3/c19-16-5-4-15-6-8-22(18(15)13-16)12-10-20-9-11-21-7-2-1-3-17(21)14-20/h4-6,8,13,17H,1-3,7,9-12,14H2. The molecule has 1 atom stereocenters. The highest BCUT2D eigenvalue weighted by molar-refractivity contribution is 9.10. The van der Waals surface area contributed by atoms with Crippen molar-refractivity contribution < 1.29 is 0 Å². The number of fused-ring (bicyclic) bond motifs is 2. The summed E-state index contributed by atoms with van der Waals surface area (Å²) in [7, 11) is 0. The smallest absolute Gasteiger partial charge is 0.0492 e. The van der Waals surface area contributed by atoms with E-state index >= 15 is 0 Å². The van der Waals surface area contributed by atoms with Gasteiger partial charge in [0.15, 0.2) is 0 Å². The quantitative estimate of drug-likeness (QED) is 0.827. The zero-order valence-corrected chi connectivity index (χ0v) is 14.6. The van der Waals surface area contributed by atoms with Crippen molar-refractivity contribution in [2.45, 2.75) is 31.8 Å². The van der Waals surface area contributed by atoms with E-state index < -0.39 is 0 Å². The van der Waals surface area contributed by atoms with E-state index in [4.69, 9.17) is 0 Å². The summed E-state index contributed by atoms with van der Waals surface area (Å²) in [5.41, 5.74) is 1.34. The second-order valence-corrected chi connectivity index (χ2v) is 7.61. The Morgan fingerprint density at radius 2 is 2.00 bits per heavy atom. The molecular weight excluding hydrogens is 338 g/mol. The van der Waals surface area contributed by atoms with E-state index in [0.717, 1.165) is 17.1 Å². The third kappa shape index (κ3) is 2.97. The highest BCUT2D eigenvalue weighted by Gasteiger charge is 2.28. The Kier molecular flexibility index (Phi) is 4.25. The van der Waals surface area contributed by atoms with Crippen molar-refractivity contribution in [1.29, 1.82) is 0 Å². The molecule has 0 aliphatic carbocycles. The lowest BCUT2D eigenvalue weighted by Gasteiger charge is -2.44. The van der Waals surface area contributed by atoms with Crippen molar-refractivity contribution in [2.24, 2.45) is 0 Å². The van der Waals surface area contributed by atoms with Crippen LogP contribution in [0.1, 0.15) is 19.3 Å². The van der Waals surface area contributed by atoms with Crippen LogP contribution >= 0.6 is 15.9 Å². The zero-order chi connectivity index (χ0) is 14.9. The minimum Gasteiger partial charge on any atom is -0.346 e. The predicted molar refractivity (Wildman–Crippen MR) is 95.3 cm³/mol. The van der Waals surface area contributed by atoms with E-state index in [9.17, 15) is 0 Å². The zero-order valence-electron chi connectivity index (χ0n) is 13.0. The van der Waals surface area contributed by atoms with Crippen molar-refractivity contribution in [1.82, 2.24) is 14.4 Å². The molecule has 4 heteroatoms. The summed E-state index contributed by atoms with van der Waals surface area (Å²) in [6.45, 7) is 7.35. The first-order valence-electron chi connectivity index (χ1n) is 8.50. The van der Waals surface area contributed by atoms with E-state index in [1.807, 2.05) is 0 Å². The van der Waals surface area contributed by atoms with Crippen LogP contribution in [-0.4, -0.2) is 53.1 Å². The summed E-state index contributed by atoms with van der Waals surface area (Å²) in [5, 5.41) is 1.33. The van der Waals surface area contributed by atoms with Crippen LogP contribution in [0.25, 0.3) is 10.9 Å². The lowest BCUT2D eigenvalue weighted by atomic mass is 9.99. The Hall–Kier alpha value is -0.840. The number of hydrogen-bond acceptors (Lipinski definition) is 2. The first-order valence-corrected chi connectivity index (χ1v) is 9.30. The normalized spacial score (nSPS) is 23.8. The van der Waals surface area contributed by atoms with Crippen LogP contribution in [0.5, 0.6) is 0 Å². The SMILES string of the molecule is Brc1ccc2ccn(CCN3CCN4CCCCC4C3)c2c1. The Morgan fingerprint density at radius 1 is 1.05 bits per heavy atom. The molecule has 3 heterocycles. The molecule has 4 rings (SSSR count). The van der Waals surface area contributed by atoms with E-state index in [0.29, 0.717) is 0 Å². The number of benzene rings is 1. The summed E-state index contributed by atoms with van der Waals surface area (Å²) < 4.78 is 3.56. The predicted octanol–water partition coefficient (Wildman–Crippen LogP) is 3.57. The minimum atomic E-state index is 0.818. The molecule has 0 radical (unpaired) electrons. The van der Waals surface area contributed by atoms with E-state index in [1.165, 1.54) is 62.9 Å². The van der Waals surface area contributed by atoms with Gasteiger partial charge < -0.3 is 4.57 Å². The maximum atomic E-state index is 3.59. The third-order valence-electron chi connectivity index (χ3n) is 5.31. The number of piperidine rings is 1. The second kappa shape index (κ2) is 6.34. The van der Waals surface area contributed by atoms with E-state index in [-0.39, 0.29) is 0 Å². The van der Waals surface area contributed by atoms with Gasteiger partial charge in [0.1, 0.15) is 0 Å². The number of halogens is 1. The monoisotopic (exact) mass is 361 g/mol. The van der Waals surface area contributed by atoms with E-state index in [2.05, 4.69) is 60.8 Å². The molecule has 0 bridgehead atoms. The van der Waals surface area contributed by atoms with Crippen molar-refractivity contribution >= 4 is 26.8 Å². The van der Waals surface area contributed by atoms with Gasteiger partial charge in [-0.2, -0.15) is 0 Å². The van der Waals surface area contributed by atoms with Gasteiger partial charge in [-0.05, 0) is 43.0 Å². The number of rotatable bonds is 3. The second-order valence-electron chi connectivity index (χ2n) is 6.70. The van der Waals surface area contributed by atoms with Gasteiger partial charge in [-0.3, -0.25) is 9.80 Å². The van der Waals surface area contributed by atoms with Gasteiger partial charge in [0, 0.05) is 55.0 Å². The van der Waals surface area contributed by atoms with Crippen LogP contribution < -0.4 is 0 Å². The summed E-state index contributed by atoms with van der Waals surface area (Å²) in [5.74, 6) is 0. The molecule has 2 aromatic rings. The summed E-state index contributed by atoms with van der Waals surface area (Å²) in [4.78, 5) is 5.37. The Morgan fingerprint density at radius 3 is 2.95 bits per heavy atom. The minimum absolute atomic E-state index is 0.818. The molecule has 118 valence electrons. The van der Waals surface area contributed by atoms with Gasteiger partial charge in [0.2, 0.25) is 0 Å². The fourth-order valence-electron chi connectivity index (χ4n) is 4.02. The number of nitrogens with zero attached hydrogens (tertiary/aromatic N) is 3. The Balaban J connectivity index is 1.40. The van der Waals surface area contributed by atoms with Gasteiger partial charge in [0.25, 0.3) is 0 Å². The molecule has 2 fully saturated rings.